The molecule has 0 fully saturated rings. The second kappa shape index (κ2) is 3.44. The molecule has 1 atom stereocenters. The summed E-state index contributed by atoms with van der Waals surface area (Å²) in [6.45, 7) is 0. The van der Waals surface area contributed by atoms with Gasteiger partial charge >= 0.3 is 0 Å². The summed E-state index contributed by atoms with van der Waals surface area (Å²) in [6.07, 6.45) is 6.53. The standard InChI is InChI=1S/C11H11NO/c13-11-4-2-1-3-10(11)9-5-7-12-8-6-9/h1-5,7-9,13H,6H2. The molecule has 2 heteroatoms. The normalized spacial score (nSPS) is 20.5. The maximum atomic E-state index is 9.58. The molecule has 0 radical (unpaired) electrons. The molecule has 0 aromatic heterocycles. The monoisotopic (exact) mass is 173 g/mol. The van der Waals surface area contributed by atoms with E-state index in [1.807, 2.05) is 30.5 Å². The number of rotatable bonds is 1. The van der Waals surface area contributed by atoms with Gasteiger partial charge in [0, 0.05) is 23.9 Å². The molecule has 2 nitrogen and oxygen atoms in total. The summed E-state index contributed by atoms with van der Waals surface area (Å²) in [5.74, 6) is 0.645. The summed E-state index contributed by atoms with van der Waals surface area (Å²) in [4.78, 5) is 4.00. The van der Waals surface area contributed by atoms with Crippen LogP contribution in [0.25, 0.3) is 0 Å². The molecule has 0 saturated carbocycles. The van der Waals surface area contributed by atoms with Gasteiger partial charge in [0.25, 0.3) is 0 Å². The molecule has 66 valence electrons. The highest BCUT2D eigenvalue weighted by molar-refractivity contribution is 5.62. The molecule has 0 aliphatic carbocycles. The Kier molecular flexibility index (Phi) is 2.13. The zero-order valence-corrected chi connectivity index (χ0v) is 7.22. The van der Waals surface area contributed by atoms with Crippen molar-refractivity contribution in [3.05, 3.63) is 42.1 Å². The van der Waals surface area contributed by atoms with Gasteiger partial charge in [-0.1, -0.05) is 24.3 Å². The number of benzene rings is 1. The lowest BCUT2D eigenvalue weighted by Crippen LogP contribution is -1.98. The molecule has 1 unspecified atom stereocenters. The summed E-state index contributed by atoms with van der Waals surface area (Å²) < 4.78 is 0. The van der Waals surface area contributed by atoms with E-state index in [2.05, 4.69) is 4.99 Å². The number of para-hydroxylation sites is 1. The average Bonchev–Trinajstić information content (AvgIpc) is 2.20. The van der Waals surface area contributed by atoms with Gasteiger partial charge in [-0.05, 0) is 12.5 Å². The minimum atomic E-state index is 0.277. The lowest BCUT2D eigenvalue weighted by atomic mass is 9.94. The average molecular weight is 173 g/mol. The zero-order valence-electron chi connectivity index (χ0n) is 7.22. The van der Waals surface area contributed by atoms with Crippen molar-refractivity contribution in [1.29, 1.82) is 0 Å². The lowest BCUT2D eigenvalue weighted by molar-refractivity contribution is 0.466. The molecule has 1 aliphatic heterocycles. The van der Waals surface area contributed by atoms with Crippen molar-refractivity contribution in [1.82, 2.24) is 0 Å². The number of phenolic OH excluding ortho intramolecular Hbond substituents is 1. The number of hydrogen-bond acceptors (Lipinski definition) is 2. The highest BCUT2D eigenvalue weighted by Crippen LogP contribution is 2.29. The lowest BCUT2D eigenvalue weighted by Gasteiger charge is -2.13. The molecular weight excluding hydrogens is 162 g/mol. The van der Waals surface area contributed by atoms with Crippen LogP contribution in [0.1, 0.15) is 17.9 Å². The Hall–Kier alpha value is -1.57. The maximum absolute atomic E-state index is 9.58. The first-order chi connectivity index (χ1) is 6.38. The van der Waals surface area contributed by atoms with E-state index in [1.165, 1.54) is 0 Å². The Morgan fingerprint density at radius 3 is 2.85 bits per heavy atom. The van der Waals surface area contributed by atoms with Gasteiger partial charge in [0.2, 0.25) is 0 Å². The van der Waals surface area contributed by atoms with Crippen LogP contribution < -0.4 is 0 Å². The molecule has 1 aliphatic rings. The molecule has 1 aromatic carbocycles. The molecular formula is C11H11NO. The van der Waals surface area contributed by atoms with Crippen LogP contribution in [0.4, 0.5) is 0 Å². The van der Waals surface area contributed by atoms with Crippen LogP contribution in [0.15, 0.2) is 41.5 Å². The summed E-state index contributed by atoms with van der Waals surface area (Å²) in [5, 5.41) is 9.58. The Balaban J connectivity index is 2.30. The number of nitrogens with zero attached hydrogens (tertiary/aromatic N) is 1. The number of allylic oxidation sites excluding steroid dienone is 1. The second-order valence-corrected chi connectivity index (χ2v) is 3.07. The minimum absolute atomic E-state index is 0.277. The third kappa shape index (κ3) is 1.61. The van der Waals surface area contributed by atoms with Crippen molar-refractivity contribution >= 4 is 6.21 Å². The molecule has 0 saturated heterocycles. The predicted molar refractivity (Wildman–Crippen MR) is 53.1 cm³/mol. The topological polar surface area (TPSA) is 32.6 Å². The van der Waals surface area contributed by atoms with E-state index in [-0.39, 0.29) is 5.92 Å². The highest BCUT2D eigenvalue weighted by Gasteiger charge is 2.11. The van der Waals surface area contributed by atoms with Crippen LogP contribution in [-0.4, -0.2) is 11.3 Å². The van der Waals surface area contributed by atoms with Crippen LogP contribution in [0.3, 0.4) is 0 Å². The Morgan fingerprint density at radius 2 is 2.15 bits per heavy atom. The molecule has 1 N–H and O–H groups in total. The minimum Gasteiger partial charge on any atom is -0.508 e. The fraction of sp³-hybridized carbons (Fsp3) is 0.182. The summed E-state index contributed by atoms with van der Waals surface area (Å²) >= 11 is 0. The van der Waals surface area contributed by atoms with Crippen molar-refractivity contribution in [3.63, 3.8) is 0 Å². The first-order valence-electron chi connectivity index (χ1n) is 4.34. The van der Waals surface area contributed by atoms with Crippen LogP contribution in [-0.2, 0) is 0 Å². The molecule has 1 heterocycles. The van der Waals surface area contributed by atoms with Gasteiger partial charge in [0.15, 0.2) is 0 Å². The van der Waals surface area contributed by atoms with Crippen molar-refractivity contribution in [2.75, 3.05) is 0 Å². The molecule has 0 spiro atoms. The highest BCUT2D eigenvalue weighted by atomic mass is 16.3. The number of aliphatic imine (C=N–C) groups is 1. The van der Waals surface area contributed by atoms with Gasteiger partial charge in [0.05, 0.1) is 0 Å². The molecule has 1 aromatic rings. The first kappa shape index (κ1) is 8.05. The van der Waals surface area contributed by atoms with Crippen molar-refractivity contribution in [2.24, 2.45) is 4.99 Å². The van der Waals surface area contributed by atoms with Gasteiger partial charge in [-0.25, -0.2) is 0 Å². The first-order valence-corrected chi connectivity index (χ1v) is 4.34. The van der Waals surface area contributed by atoms with Gasteiger partial charge in [-0.2, -0.15) is 0 Å². The Labute approximate surface area is 77.3 Å². The van der Waals surface area contributed by atoms with Gasteiger partial charge in [0.1, 0.15) is 5.75 Å². The van der Waals surface area contributed by atoms with E-state index in [4.69, 9.17) is 0 Å². The van der Waals surface area contributed by atoms with Crippen molar-refractivity contribution in [2.45, 2.75) is 12.3 Å². The third-order valence-electron chi connectivity index (χ3n) is 2.21. The van der Waals surface area contributed by atoms with E-state index >= 15 is 0 Å². The number of hydrogen-bond donors (Lipinski definition) is 1. The van der Waals surface area contributed by atoms with Crippen LogP contribution >= 0.6 is 0 Å². The SMILES string of the molecule is Oc1ccccc1C1C=CN=CC1. The molecule has 0 amide bonds. The van der Waals surface area contributed by atoms with Gasteiger partial charge < -0.3 is 5.11 Å². The fourth-order valence-corrected chi connectivity index (χ4v) is 1.50. The van der Waals surface area contributed by atoms with Crippen molar-refractivity contribution < 1.29 is 5.11 Å². The smallest absolute Gasteiger partial charge is 0.119 e. The third-order valence-corrected chi connectivity index (χ3v) is 2.21. The largest absolute Gasteiger partial charge is 0.508 e. The number of phenols is 1. The molecule has 2 rings (SSSR count). The Morgan fingerprint density at radius 1 is 1.31 bits per heavy atom. The number of aromatic hydroxyl groups is 1. The summed E-state index contributed by atoms with van der Waals surface area (Å²) in [7, 11) is 0. The second-order valence-electron chi connectivity index (χ2n) is 3.07. The summed E-state index contributed by atoms with van der Waals surface area (Å²) in [6, 6.07) is 7.44. The van der Waals surface area contributed by atoms with Crippen molar-refractivity contribution in [3.8, 4) is 5.75 Å². The maximum Gasteiger partial charge on any atom is 0.119 e. The quantitative estimate of drug-likeness (QED) is 0.695. The van der Waals surface area contributed by atoms with Gasteiger partial charge in [-0.15, -0.1) is 0 Å². The van der Waals surface area contributed by atoms with Gasteiger partial charge in [-0.3, -0.25) is 4.99 Å². The van der Waals surface area contributed by atoms with E-state index in [1.54, 1.807) is 12.3 Å². The molecule has 0 bridgehead atoms. The summed E-state index contributed by atoms with van der Waals surface area (Å²) in [5.41, 5.74) is 0.977. The predicted octanol–water partition coefficient (Wildman–Crippen LogP) is 2.46. The fourth-order valence-electron chi connectivity index (χ4n) is 1.50. The van der Waals surface area contributed by atoms with Crippen LogP contribution in [0.5, 0.6) is 5.75 Å². The van der Waals surface area contributed by atoms with E-state index in [0.29, 0.717) is 5.75 Å². The van der Waals surface area contributed by atoms with E-state index in [9.17, 15) is 5.11 Å². The molecule has 13 heavy (non-hydrogen) atoms. The van der Waals surface area contributed by atoms with Crippen LogP contribution in [0.2, 0.25) is 0 Å². The van der Waals surface area contributed by atoms with Crippen LogP contribution in [0, 0.1) is 0 Å². The Bertz CT molecular complexity index is 355. The van der Waals surface area contributed by atoms with E-state index < -0.39 is 0 Å². The zero-order chi connectivity index (χ0) is 9.10. The van der Waals surface area contributed by atoms with E-state index in [0.717, 1.165) is 12.0 Å².